The van der Waals surface area contributed by atoms with Crippen LogP contribution in [0.25, 0.3) is 0 Å². The van der Waals surface area contributed by atoms with Gasteiger partial charge in [0.1, 0.15) is 0 Å². The molecule has 1 unspecified atom stereocenters. The number of hydrogen-bond acceptors (Lipinski definition) is 5. The van der Waals surface area contributed by atoms with Crippen molar-refractivity contribution in [1.29, 1.82) is 0 Å². The normalized spacial score (nSPS) is 13.6. The van der Waals surface area contributed by atoms with Crippen molar-refractivity contribution < 1.29 is 0 Å². The van der Waals surface area contributed by atoms with Gasteiger partial charge in [-0.2, -0.15) is 5.10 Å². The molecule has 0 radical (unpaired) electrons. The Balaban J connectivity index is 2.25. The minimum Gasteiger partial charge on any atom is -0.309 e. The monoisotopic (exact) mass is 307 g/mol. The molecule has 0 bridgehead atoms. The second kappa shape index (κ2) is 6.66. The van der Waals surface area contributed by atoms with E-state index in [0.29, 0.717) is 0 Å². The molecule has 0 amide bonds. The van der Waals surface area contributed by atoms with Gasteiger partial charge >= 0.3 is 0 Å². The predicted octanol–water partition coefficient (Wildman–Crippen LogP) is 2.85. The van der Waals surface area contributed by atoms with Crippen molar-refractivity contribution in [2.75, 3.05) is 6.54 Å². The molecule has 0 aliphatic rings. The maximum Gasteiger partial charge on any atom is 0.0857 e. The molecule has 0 aromatic carbocycles. The number of rotatable bonds is 6. The fourth-order valence-corrected chi connectivity index (χ4v) is 3.27. The van der Waals surface area contributed by atoms with E-state index in [-0.39, 0.29) is 11.5 Å². The average Bonchev–Trinajstić information content (AvgIpc) is 3.02. The van der Waals surface area contributed by atoms with Gasteiger partial charge in [-0.1, -0.05) is 32.2 Å². The quantitative estimate of drug-likeness (QED) is 0.891. The highest BCUT2D eigenvalue weighted by Gasteiger charge is 2.27. The molecule has 6 heteroatoms. The van der Waals surface area contributed by atoms with Crippen LogP contribution in [-0.4, -0.2) is 25.9 Å². The topological polar surface area (TPSA) is 55.6 Å². The zero-order valence-corrected chi connectivity index (χ0v) is 14.4. The molecule has 1 N–H and O–H groups in total. The van der Waals surface area contributed by atoms with Gasteiger partial charge in [-0.3, -0.25) is 4.68 Å². The number of aromatic nitrogens is 4. The van der Waals surface area contributed by atoms with Crippen LogP contribution < -0.4 is 5.32 Å². The summed E-state index contributed by atoms with van der Waals surface area (Å²) in [6, 6.07) is 0.253. The molecule has 2 aromatic heterocycles. The molecule has 2 heterocycles. The van der Waals surface area contributed by atoms with Crippen LogP contribution in [0.4, 0.5) is 0 Å². The second-order valence-corrected chi connectivity index (χ2v) is 7.25. The van der Waals surface area contributed by atoms with Crippen molar-refractivity contribution in [3.63, 3.8) is 0 Å². The van der Waals surface area contributed by atoms with Crippen LogP contribution in [0.2, 0.25) is 0 Å². The third-order valence-corrected chi connectivity index (χ3v) is 4.22. The Kier molecular flexibility index (Phi) is 5.11. The van der Waals surface area contributed by atoms with Crippen molar-refractivity contribution in [3.05, 3.63) is 28.5 Å². The van der Waals surface area contributed by atoms with Gasteiger partial charge in [-0.25, -0.2) is 0 Å². The van der Waals surface area contributed by atoms with E-state index in [0.717, 1.165) is 25.1 Å². The average molecular weight is 307 g/mol. The molecule has 2 rings (SSSR count). The van der Waals surface area contributed by atoms with Gasteiger partial charge in [0.15, 0.2) is 0 Å². The lowest BCUT2D eigenvalue weighted by atomic mass is 9.89. The number of nitrogens with zero attached hydrogens (tertiary/aromatic N) is 4. The fraction of sp³-hybridized carbons (Fsp3) is 0.667. The molecule has 2 aromatic rings. The van der Waals surface area contributed by atoms with E-state index in [1.165, 1.54) is 22.0 Å². The first-order valence-corrected chi connectivity index (χ1v) is 8.22. The molecular formula is C15H25N5S. The molecule has 0 fully saturated rings. The van der Waals surface area contributed by atoms with Crippen LogP contribution >= 0.6 is 11.5 Å². The highest BCUT2D eigenvalue weighted by molar-refractivity contribution is 7.05. The molecule has 0 saturated heterocycles. The minimum absolute atomic E-state index is 0.0173. The number of aryl methyl sites for hydroxylation is 1. The molecule has 1 atom stereocenters. The maximum atomic E-state index is 4.37. The second-order valence-electron chi connectivity index (χ2n) is 6.47. The summed E-state index contributed by atoms with van der Waals surface area (Å²) in [5.41, 5.74) is 2.35. The lowest BCUT2D eigenvalue weighted by molar-refractivity contribution is 0.504. The number of hydrogen-bond donors (Lipinski definition) is 1. The van der Waals surface area contributed by atoms with Gasteiger partial charge in [-0.15, -0.1) is 5.10 Å². The lowest BCUT2D eigenvalue weighted by Crippen LogP contribution is -2.26. The molecule has 0 saturated carbocycles. The zero-order chi connectivity index (χ0) is 15.5. The summed E-state index contributed by atoms with van der Waals surface area (Å²) in [6.45, 7) is 9.74. The predicted molar refractivity (Wildman–Crippen MR) is 86.6 cm³/mol. The smallest absolute Gasteiger partial charge is 0.0857 e. The zero-order valence-electron chi connectivity index (χ0n) is 13.6. The minimum atomic E-state index is 0.0173. The molecular weight excluding hydrogens is 282 g/mol. The molecule has 116 valence electrons. The maximum absolute atomic E-state index is 4.37. The first kappa shape index (κ1) is 16.1. The third-order valence-electron chi connectivity index (χ3n) is 3.38. The molecule has 0 spiro atoms. The van der Waals surface area contributed by atoms with Gasteiger partial charge in [0, 0.05) is 24.7 Å². The van der Waals surface area contributed by atoms with Gasteiger partial charge < -0.3 is 5.32 Å². The highest BCUT2D eigenvalue weighted by Crippen LogP contribution is 2.31. The van der Waals surface area contributed by atoms with Gasteiger partial charge in [0.05, 0.1) is 16.8 Å². The number of nitrogens with one attached hydrogen (secondary N) is 1. The lowest BCUT2D eigenvalue weighted by Gasteiger charge is -2.22. The molecule has 5 nitrogen and oxygen atoms in total. The summed E-state index contributed by atoms with van der Waals surface area (Å²) in [5.74, 6) is 0. The van der Waals surface area contributed by atoms with Crippen LogP contribution in [-0.2, 0) is 18.9 Å². The Labute approximate surface area is 130 Å². The first-order chi connectivity index (χ1) is 9.91. The van der Waals surface area contributed by atoms with Crippen molar-refractivity contribution >= 4 is 11.5 Å². The summed E-state index contributed by atoms with van der Waals surface area (Å²) < 4.78 is 6.04. The Bertz CT molecular complexity index is 567. The van der Waals surface area contributed by atoms with E-state index in [2.05, 4.69) is 53.9 Å². The Hall–Kier alpha value is -1.27. The van der Waals surface area contributed by atoms with Gasteiger partial charge in [-0.05, 0) is 36.5 Å². The molecule has 0 aliphatic carbocycles. The third kappa shape index (κ3) is 4.11. The van der Waals surface area contributed by atoms with E-state index in [1.807, 2.05) is 17.9 Å². The first-order valence-electron chi connectivity index (χ1n) is 7.45. The highest BCUT2D eigenvalue weighted by atomic mass is 32.1. The summed E-state index contributed by atoms with van der Waals surface area (Å²) >= 11 is 1.51. The van der Waals surface area contributed by atoms with Gasteiger partial charge in [0.2, 0.25) is 0 Å². The summed E-state index contributed by atoms with van der Waals surface area (Å²) in [6.07, 6.45) is 6.04. The van der Waals surface area contributed by atoms with Crippen LogP contribution in [0, 0.1) is 0 Å². The van der Waals surface area contributed by atoms with Crippen molar-refractivity contribution in [1.82, 2.24) is 24.7 Å². The Morgan fingerprint density at radius 3 is 2.71 bits per heavy atom. The van der Waals surface area contributed by atoms with Crippen LogP contribution in [0.1, 0.15) is 56.3 Å². The van der Waals surface area contributed by atoms with Crippen molar-refractivity contribution in [2.24, 2.45) is 7.05 Å². The van der Waals surface area contributed by atoms with E-state index >= 15 is 0 Å². The standard InChI is InChI=1S/C15H25N5S/c1-6-7-16-12(8-11-9-17-20(5)10-11)13-14(15(2,3)4)18-19-21-13/h9-10,12,16H,6-8H2,1-5H3. The van der Waals surface area contributed by atoms with Crippen LogP contribution in [0.5, 0.6) is 0 Å². The summed E-state index contributed by atoms with van der Waals surface area (Å²) in [5, 5.41) is 12.3. The van der Waals surface area contributed by atoms with E-state index < -0.39 is 0 Å². The molecule has 0 aliphatic heterocycles. The van der Waals surface area contributed by atoms with Crippen LogP contribution in [0.3, 0.4) is 0 Å². The largest absolute Gasteiger partial charge is 0.309 e. The molecule has 21 heavy (non-hydrogen) atoms. The van der Waals surface area contributed by atoms with Crippen LogP contribution in [0.15, 0.2) is 12.4 Å². The van der Waals surface area contributed by atoms with Crippen molar-refractivity contribution in [3.8, 4) is 0 Å². The summed E-state index contributed by atoms with van der Waals surface area (Å²) in [7, 11) is 1.95. The van der Waals surface area contributed by atoms with E-state index in [1.54, 1.807) is 0 Å². The van der Waals surface area contributed by atoms with E-state index in [4.69, 9.17) is 0 Å². The SMILES string of the molecule is CCCNC(Cc1cnn(C)c1)c1snnc1C(C)(C)C. The Morgan fingerprint density at radius 1 is 1.38 bits per heavy atom. The Morgan fingerprint density at radius 2 is 2.14 bits per heavy atom. The summed E-state index contributed by atoms with van der Waals surface area (Å²) in [4.78, 5) is 1.25. The van der Waals surface area contributed by atoms with Gasteiger partial charge in [0.25, 0.3) is 0 Å². The fourth-order valence-electron chi connectivity index (χ4n) is 2.34. The van der Waals surface area contributed by atoms with Crippen molar-refractivity contribution in [2.45, 2.75) is 52.0 Å². The van der Waals surface area contributed by atoms with E-state index in [9.17, 15) is 0 Å².